The van der Waals surface area contributed by atoms with Crippen LogP contribution in [0, 0.1) is 0 Å². The van der Waals surface area contributed by atoms with Crippen molar-refractivity contribution >= 4 is 16.9 Å². The molecule has 6 heteroatoms. The van der Waals surface area contributed by atoms with E-state index in [9.17, 15) is 4.79 Å². The SMILES string of the molecule is Cn1c(CCNC(=O)c2n[nH]c3c2CCCCC3)nc2ccccc21. The number of para-hydroxylation sites is 2. The molecule has 2 aromatic heterocycles. The number of fused-ring (bicyclic) bond motifs is 2. The molecule has 0 fully saturated rings. The molecule has 1 amide bonds. The third-order valence-electron chi connectivity index (χ3n) is 5.04. The van der Waals surface area contributed by atoms with Gasteiger partial charge in [-0.15, -0.1) is 0 Å². The number of hydrogen-bond donors (Lipinski definition) is 2. The molecular formula is C19H23N5O. The highest BCUT2D eigenvalue weighted by Crippen LogP contribution is 2.21. The van der Waals surface area contributed by atoms with Crippen LogP contribution in [0.3, 0.4) is 0 Å². The molecule has 1 aliphatic rings. The predicted molar refractivity (Wildman–Crippen MR) is 96.6 cm³/mol. The Morgan fingerprint density at radius 3 is 2.96 bits per heavy atom. The zero-order chi connectivity index (χ0) is 17.2. The Hall–Kier alpha value is -2.63. The summed E-state index contributed by atoms with van der Waals surface area (Å²) in [6.45, 7) is 0.553. The van der Waals surface area contributed by atoms with Gasteiger partial charge in [-0.3, -0.25) is 9.89 Å². The lowest BCUT2D eigenvalue weighted by Gasteiger charge is -2.06. The highest BCUT2D eigenvalue weighted by Gasteiger charge is 2.20. The number of aromatic amines is 1. The van der Waals surface area contributed by atoms with Gasteiger partial charge in [0.1, 0.15) is 5.82 Å². The van der Waals surface area contributed by atoms with Crippen LogP contribution in [-0.2, 0) is 26.3 Å². The van der Waals surface area contributed by atoms with E-state index in [2.05, 4.69) is 31.1 Å². The quantitative estimate of drug-likeness (QED) is 0.718. The summed E-state index contributed by atoms with van der Waals surface area (Å²) >= 11 is 0. The molecule has 0 aliphatic heterocycles. The number of benzene rings is 1. The highest BCUT2D eigenvalue weighted by atomic mass is 16.1. The van der Waals surface area contributed by atoms with Gasteiger partial charge in [-0.1, -0.05) is 18.6 Å². The smallest absolute Gasteiger partial charge is 0.272 e. The molecule has 0 saturated heterocycles. The number of aromatic nitrogens is 4. The lowest BCUT2D eigenvalue weighted by molar-refractivity contribution is 0.0948. The van der Waals surface area contributed by atoms with Gasteiger partial charge in [0.15, 0.2) is 5.69 Å². The van der Waals surface area contributed by atoms with E-state index < -0.39 is 0 Å². The molecule has 2 heterocycles. The van der Waals surface area contributed by atoms with Crippen molar-refractivity contribution in [3.8, 4) is 0 Å². The normalized spacial score (nSPS) is 14.3. The first-order valence-electron chi connectivity index (χ1n) is 8.98. The average Bonchev–Trinajstić information content (AvgIpc) is 3.08. The Bertz CT molecular complexity index is 908. The summed E-state index contributed by atoms with van der Waals surface area (Å²) in [5.74, 6) is 0.889. The first kappa shape index (κ1) is 15.9. The van der Waals surface area contributed by atoms with E-state index >= 15 is 0 Å². The number of rotatable bonds is 4. The molecule has 0 atom stereocenters. The fourth-order valence-electron chi connectivity index (χ4n) is 3.64. The number of nitrogens with zero attached hydrogens (tertiary/aromatic N) is 3. The van der Waals surface area contributed by atoms with Crippen LogP contribution < -0.4 is 5.32 Å². The van der Waals surface area contributed by atoms with Crippen LogP contribution in [0.1, 0.15) is 46.8 Å². The molecule has 0 saturated carbocycles. The Balaban J connectivity index is 1.42. The number of carbonyl (C=O) groups is 1. The number of imidazole rings is 1. The van der Waals surface area contributed by atoms with Crippen molar-refractivity contribution in [3.63, 3.8) is 0 Å². The standard InChI is InChI=1S/C19H23N5O/c1-24-16-10-6-5-9-15(16)21-17(24)11-12-20-19(25)18-13-7-3-2-4-8-14(13)22-23-18/h5-6,9-10H,2-4,7-8,11-12H2,1H3,(H,20,25)(H,22,23). The van der Waals surface area contributed by atoms with Gasteiger partial charge >= 0.3 is 0 Å². The van der Waals surface area contributed by atoms with E-state index in [1.165, 1.54) is 12.8 Å². The van der Waals surface area contributed by atoms with Crippen molar-refractivity contribution in [3.05, 3.63) is 47.0 Å². The summed E-state index contributed by atoms with van der Waals surface area (Å²) < 4.78 is 2.09. The second-order valence-electron chi connectivity index (χ2n) is 6.67. The van der Waals surface area contributed by atoms with Crippen LogP contribution in [0.25, 0.3) is 11.0 Å². The number of aryl methyl sites for hydroxylation is 2. The van der Waals surface area contributed by atoms with Gasteiger partial charge in [-0.05, 0) is 37.8 Å². The molecule has 3 aromatic rings. The van der Waals surface area contributed by atoms with E-state index in [1.807, 2.05) is 25.2 Å². The number of amides is 1. The maximum absolute atomic E-state index is 12.5. The molecule has 6 nitrogen and oxygen atoms in total. The second-order valence-corrected chi connectivity index (χ2v) is 6.67. The lowest BCUT2D eigenvalue weighted by atomic mass is 10.1. The van der Waals surface area contributed by atoms with Crippen molar-refractivity contribution in [2.24, 2.45) is 7.05 Å². The monoisotopic (exact) mass is 337 g/mol. The minimum absolute atomic E-state index is 0.0850. The molecule has 130 valence electrons. The molecule has 4 rings (SSSR count). The summed E-state index contributed by atoms with van der Waals surface area (Å²) in [7, 11) is 2.01. The Kier molecular flexibility index (Phi) is 4.26. The summed E-state index contributed by atoms with van der Waals surface area (Å²) in [4.78, 5) is 17.2. The topological polar surface area (TPSA) is 75.6 Å². The van der Waals surface area contributed by atoms with E-state index in [-0.39, 0.29) is 5.91 Å². The molecule has 1 aromatic carbocycles. The van der Waals surface area contributed by atoms with Crippen LogP contribution >= 0.6 is 0 Å². The van der Waals surface area contributed by atoms with E-state index in [4.69, 9.17) is 0 Å². The van der Waals surface area contributed by atoms with Gasteiger partial charge in [0, 0.05) is 31.3 Å². The lowest BCUT2D eigenvalue weighted by Crippen LogP contribution is -2.27. The third-order valence-corrected chi connectivity index (χ3v) is 5.04. The van der Waals surface area contributed by atoms with Gasteiger partial charge in [0.25, 0.3) is 5.91 Å². The maximum Gasteiger partial charge on any atom is 0.272 e. The van der Waals surface area contributed by atoms with Gasteiger partial charge in [0.2, 0.25) is 0 Å². The van der Waals surface area contributed by atoms with E-state index in [1.54, 1.807) is 0 Å². The van der Waals surface area contributed by atoms with E-state index in [0.717, 1.165) is 47.4 Å². The van der Waals surface area contributed by atoms with Crippen LogP contribution in [0.2, 0.25) is 0 Å². The summed E-state index contributed by atoms with van der Waals surface area (Å²) in [5, 5.41) is 10.3. The van der Waals surface area contributed by atoms with Crippen LogP contribution in [0.5, 0.6) is 0 Å². The van der Waals surface area contributed by atoms with E-state index in [0.29, 0.717) is 18.7 Å². The number of H-pyrrole nitrogens is 1. The van der Waals surface area contributed by atoms with Crippen molar-refractivity contribution in [1.82, 2.24) is 25.1 Å². The zero-order valence-electron chi connectivity index (χ0n) is 14.5. The van der Waals surface area contributed by atoms with Gasteiger partial charge < -0.3 is 9.88 Å². The summed E-state index contributed by atoms with van der Waals surface area (Å²) in [6, 6.07) is 8.07. The van der Waals surface area contributed by atoms with Gasteiger partial charge in [0.05, 0.1) is 11.0 Å². The van der Waals surface area contributed by atoms with Crippen molar-refractivity contribution in [2.75, 3.05) is 6.54 Å². The van der Waals surface area contributed by atoms with Crippen LogP contribution in [0.15, 0.2) is 24.3 Å². The van der Waals surface area contributed by atoms with Crippen LogP contribution in [0.4, 0.5) is 0 Å². The largest absolute Gasteiger partial charge is 0.350 e. The summed E-state index contributed by atoms with van der Waals surface area (Å²) in [6.07, 6.45) is 6.16. The first-order chi connectivity index (χ1) is 12.2. The number of hydrogen-bond acceptors (Lipinski definition) is 3. The predicted octanol–water partition coefficient (Wildman–Crippen LogP) is 2.54. The fraction of sp³-hybridized carbons (Fsp3) is 0.421. The minimum Gasteiger partial charge on any atom is -0.350 e. The number of nitrogens with one attached hydrogen (secondary N) is 2. The molecule has 0 unspecified atom stereocenters. The Morgan fingerprint density at radius 2 is 2.08 bits per heavy atom. The van der Waals surface area contributed by atoms with Crippen molar-refractivity contribution in [1.29, 1.82) is 0 Å². The van der Waals surface area contributed by atoms with Crippen molar-refractivity contribution in [2.45, 2.75) is 38.5 Å². The summed E-state index contributed by atoms with van der Waals surface area (Å²) in [5.41, 5.74) is 4.92. The second kappa shape index (κ2) is 6.70. The fourth-order valence-corrected chi connectivity index (χ4v) is 3.64. The zero-order valence-corrected chi connectivity index (χ0v) is 14.5. The maximum atomic E-state index is 12.5. The van der Waals surface area contributed by atoms with Gasteiger partial charge in [-0.25, -0.2) is 4.98 Å². The minimum atomic E-state index is -0.0850. The molecule has 25 heavy (non-hydrogen) atoms. The highest BCUT2D eigenvalue weighted by molar-refractivity contribution is 5.94. The average molecular weight is 337 g/mol. The molecule has 0 bridgehead atoms. The van der Waals surface area contributed by atoms with Crippen molar-refractivity contribution < 1.29 is 4.79 Å². The molecule has 0 radical (unpaired) electrons. The molecule has 1 aliphatic carbocycles. The molecular weight excluding hydrogens is 314 g/mol. The Labute approximate surface area is 146 Å². The first-order valence-corrected chi connectivity index (χ1v) is 8.98. The third kappa shape index (κ3) is 3.04. The van der Waals surface area contributed by atoms with Crippen LogP contribution in [-0.4, -0.2) is 32.2 Å². The Morgan fingerprint density at radius 1 is 1.24 bits per heavy atom. The van der Waals surface area contributed by atoms with Gasteiger partial charge in [-0.2, -0.15) is 5.10 Å². The molecule has 2 N–H and O–H groups in total. The molecule has 0 spiro atoms. The number of carbonyl (C=O) groups excluding carboxylic acids is 1.